The number of aliphatic carboxylic acids is 2. The van der Waals surface area contributed by atoms with Gasteiger partial charge in [-0.15, -0.1) is 0 Å². The molecule has 0 radical (unpaired) electrons. The van der Waals surface area contributed by atoms with Gasteiger partial charge in [0.05, 0.1) is 12.3 Å². The van der Waals surface area contributed by atoms with Crippen LogP contribution >= 0.6 is 0 Å². The SMILES string of the molecule is CC(C)c1ccc(NCC(CC(=O)O)C(=O)O)cc1. The maximum atomic E-state index is 10.9. The first-order valence-electron chi connectivity index (χ1n) is 6.18. The van der Waals surface area contributed by atoms with Crippen molar-refractivity contribution in [3.8, 4) is 0 Å². The zero-order valence-corrected chi connectivity index (χ0v) is 11.1. The molecule has 0 aliphatic rings. The van der Waals surface area contributed by atoms with Crippen molar-refractivity contribution < 1.29 is 19.8 Å². The standard InChI is InChI=1S/C14H19NO4/c1-9(2)10-3-5-12(6-4-10)15-8-11(14(18)19)7-13(16)17/h3-6,9,11,15H,7-8H2,1-2H3,(H,16,17)(H,18,19). The Morgan fingerprint density at radius 1 is 1.16 bits per heavy atom. The molecule has 19 heavy (non-hydrogen) atoms. The molecule has 1 aromatic rings. The highest BCUT2D eigenvalue weighted by molar-refractivity contribution is 5.78. The van der Waals surface area contributed by atoms with Gasteiger partial charge in [-0.2, -0.15) is 0 Å². The first-order chi connectivity index (χ1) is 8.90. The van der Waals surface area contributed by atoms with Crippen LogP contribution in [-0.4, -0.2) is 28.7 Å². The number of nitrogens with one attached hydrogen (secondary N) is 1. The quantitative estimate of drug-likeness (QED) is 0.704. The van der Waals surface area contributed by atoms with E-state index in [9.17, 15) is 9.59 Å². The van der Waals surface area contributed by atoms with Crippen molar-refractivity contribution in [1.82, 2.24) is 0 Å². The van der Waals surface area contributed by atoms with E-state index in [0.717, 1.165) is 5.69 Å². The summed E-state index contributed by atoms with van der Waals surface area (Å²) in [7, 11) is 0. The van der Waals surface area contributed by atoms with Crippen LogP contribution in [0.5, 0.6) is 0 Å². The molecule has 3 N–H and O–H groups in total. The number of carboxylic acids is 2. The molecule has 1 rings (SSSR count). The number of hydrogen-bond acceptors (Lipinski definition) is 3. The van der Waals surface area contributed by atoms with Gasteiger partial charge in [-0.05, 0) is 23.6 Å². The summed E-state index contributed by atoms with van der Waals surface area (Å²) in [4.78, 5) is 21.5. The molecule has 0 fully saturated rings. The molecule has 1 unspecified atom stereocenters. The first-order valence-corrected chi connectivity index (χ1v) is 6.18. The molecule has 0 aliphatic heterocycles. The van der Waals surface area contributed by atoms with E-state index >= 15 is 0 Å². The van der Waals surface area contributed by atoms with Gasteiger partial charge < -0.3 is 15.5 Å². The number of hydrogen-bond donors (Lipinski definition) is 3. The molecule has 1 aromatic carbocycles. The average molecular weight is 265 g/mol. The zero-order valence-electron chi connectivity index (χ0n) is 11.1. The van der Waals surface area contributed by atoms with Crippen LogP contribution in [0, 0.1) is 5.92 Å². The summed E-state index contributed by atoms with van der Waals surface area (Å²) in [5, 5.41) is 20.5. The highest BCUT2D eigenvalue weighted by Gasteiger charge is 2.20. The third-order valence-corrected chi connectivity index (χ3v) is 2.90. The molecule has 0 saturated heterocycles. The second kappa shape index (κ2) is 6.78. The van der Waals surface area contributed by atoms with Gasteiger partial charge in [-0.3, -0.25) is 9.59 Å². The second-order valence-corrected chi connectivity index (χ2v) is 4.79. The highest BCUT2D eigenvalue weighted by Crippen LogP contribution is 2.17. The second-order valence-electron chi connectivity index (χ2n) is 4.79. The van der Waals surface area contributed by atoms with E-state index in [1.165, 1.54) is 5.56 Å². The monoisotopic (exact) mass is 265 g/mol. The minimum atomic E-state index is -1.11. The molecule has 5 nitrogen and oxygen atoms in total. The molecule has 5 heteroatoms. The number of benzene rings is 1. The van der Waals surface area contributed by atoms with Gasteiger partial charge in [0.15, 0.2) is 0 Å². The summed E-state index contributed by atoms with van der Waals surface area (Å²) in [6.07, 6.45) is -0.383. The van der Waals surface area contributed by atoms with Crippen LogP contribution in [0.25, 0.3) is 0 Å². The first kappa shape index (κ1) is 15.0. The van der Waals surface area contributed by atoms with Crippen molar-refractivity contribution in [1.29, 1.82) is 0 Å². The van der Waals surface area contributed by atoms with Crippen LogP contribution < -0.4 is 5.32 Å². The maximum absolute atomic E-state index is 10.9. The van der Waals surface area contributed by atoms with Crippen LogP contribution in [0.4, 0.5) is 5.69 Å². The van der Waals surface area contributed by atoms with Crippen LogP contribution in [0.2, 0.25) is 0 Å². The molecule has 0 bridgehead atoms. The molecule has 1 atom stereocenters. The summed E-state index contributed by atoms with van der Waals surface area (Å²) >= 11 is 0. The Morgan fingerprint density at radius 2 is 1.74 bits per heavy atom. The van der Waals surface area contributed by atoms with Crippen molar-refractivity contribution in [2.24, 2.45) is 5.92 Å². The van der Waals surface area contributed by atoms with Crippen LogP contribution in [0.3, 0.4) is 0 Å². The number of rotatable bonds is 7. The fourth-order valence-electron chi connectivity index (χ4n) is 1.68. The fourth-order valence-corrected chi connectivity index (χ4v) is 1.68. The van der Waals surface area contributed by atoms with E-state index in [1.807, 2.05) is 24.3 Å². The zero-order chi connectivity index (χ0) is 14.4. The maximum Gasteiger partial charge on any atom is 0.308 e. The lowest BCUT2D eigenvalue weighted by Crippen LogP contribution is -2.25. The number of anilines is 1. The minimum absolute atomic E-state index is 0.0999. The predicted molar refractivity (Wildman–Crippen MR) is 72.4 cm³/mol. The minimum Gasteiger partial charge on any atom is -0.481 e. The smallest absolute Gasteiger partial charge is 0.308 e. The molecular formula is C14H19NO4. The van der Waals surface area contributed by atoms with E-state index in [1.54, 1.807) is 0 Å². The van der Waals surface area contributed by atoms with Gasteiger partial charge in [0.25, 0.3) is 0 Å². The average Bonchev–Trinajstić information content (AvgIpc) is 2.34. The Hall–Kier alpha value is -2.04. The topological polar surface area (TPSA) is 86.6 Å². The van der Waals surface area contributed by atoms with Gasteiger partial charge in [0, 0.05) is 12.2 Å². The Kier molecular flexibility index (Phi) is 5.36. The van der Waals surface area contributed by atoms with Crippen molar-refractivity contribution in [2.75, 3.05) is 11.9 Å². The van der Waals surface area contributed by atoms with Crippen molar-refractivity contribution >= 4 is 17.6 Å². The van der Waals surface area contributed by atoms with E-state index in [2.05, 4.69) is 19.2 Å². The summed E-state index contributed by atoms with van der Waals surface area (Å²) < 4.78 is 0. The van der Waals surface area contributed by atoms with Crippen molar-refractivity contribution in [3.63, 3.8) is 0 Å². The summed E-state index contributed by atoms with van der Waals surface area (Å²) in [5.74, 6) is -2.70. The van der Waals surface area contributed by atoms with Gasteiger partial charge >= 0.3 is 11.9 Å². The van der Waals surface area contributed by atoms with E-state index in [4.69, 9.17) is 10.2 Å². The van der Waals surface area contributed by atoms with E-state index in [0.29, 0.717) is 5.92 Å². The largest absolute Gasteiger partial charge is 0.481 e. The number of carbonyl (C=O) groups is 2. The van der Waals surface area contributed by atoms with E-state index in [-0.39, 0.29) is 13.0 Å². The van der Waals surface area contributed by atoms with Gasteiger partial charge in [0.1, 0.15) is 0 Å². The molecule has 104 valence electrons. The van der Waals surface area contributed by atoms with Crippen LogP contribution in [-0.2, 0) is 9.59 Å². The molecule has 0 heterocycles. The molecule has 0 amide bonds. The molecule has 0 saturated carbocycles. The predicted octanol–water partition coefficient (Wildman–Crippen LogP) is 2.40. The molecule has 0 spiro atoms. The normalized spacial score (nSPS) is 12.2. The van der Waals surface area contributed by atoms with Gasteiger partial charge in [0.2, 0.25) is 0 Å². The lowest BCUT2D eigenvalue weighted by atomic mass is 10.0. The van der Waals surface area contributed by atoms with Crippen molar-refractivity contribution in [2.45, 2.75) is 26.2 Å². The van der Waals surface area contributed by atoms with Crippen molar-refractivity contribution in [3.05, 3.63) is 29.8 Å². The lowest BCUT2D eigenvalue weighted by Gasteiger charge is -2.13. The summed E-state index contributed by atoms with van der Waals surface area (Å²) in [6, 6.07) is 7.68. The third kappa shape index (κ3) is 4.99. The van der Waals surface area contributed by atoms with Crippen LogP contribution in [0.1, 0.15) is 31.7 Å². The Morgan fingerprint density at radius 3 is 2.16 bits per heavy atom. The van der Waals surface area contributed by atoms with Crippen LogP contribution in [0.15, 0.2) is 24.3 Å². The van der Waals surface area contributed by atoms with Gasteiger partial charge in [-0.25, -0.2) is 0 Å². The Labute approximate surface area is 112 Å². The van der Waals surface area contributed by atoms with E-state index < -0.39 is 17.9 Å². The van der Waals surface area contributed by atoms with Gasteiger partial charge in [-0.1, -0.05) is 26.0 Å². The Balaban J connectivity index is 2.59. The fraction of sp³-hybridized carbons (Fsp3) is 0.429. The Bertz CT molecular complexity index is 439. The summed E-state index contributed by atoms with van der Waals surface area (Å²) in [6.45, 7) is 4.29. The lowest BCUT2D eigenvalue weighted by molar-refractivity contribution is -0.147. The third-order valence-electron chi connectivity index (χ3n) is 2.90. The molecular weight excluding hydrogens is 246 g/mol. The summed E-state index contributed by atoms with van der Waals surface area (Å²) in [5.41, 5.74) is 1.99. The molecule has 0 aromatic heterocycles. The number of carboxylic acid groups (broad SMARTS) is 2. The highest BCUT2D eigenvalue weighted by atomic mass is 16.4. The molecule has 0 aliphatic carbocycles.